The van der Waals surface area contributed by atoms with E-state index >= 15 is 0 Å². The fourth-order valence-corrected chi connectivity index (χ4v) is 3.02. The molecule has 0 aromatic heterocycles. The zero-order valence-electron chi connectivity index (χ0n) is 13.5. The number of para-hydroxylation sites is 1. The van der Waals surface area contributed by atoms with Gasteiger partial charge in [0.1, 0.15) is 0 Å². The van der Waals surface area contributed by atoms with Crippen LogP contribution in [0.1, 0.15) is 33.3 Å². The third kappa shape index (κ3) is 2.58. The van der Waals surface area contributed by atoms with Crippen LogP contribution < -0.4 is 4.90 Å². The molecule has 2 heteroatoms. The smallest absolute Gasteiger partial charge is 0.160 e. The molecule has 1 heterocycles. The molecule has 1 aliphatic heterocycles. The molecule has 0 bridgehead atoms. The molecule has 0 saturated heterocycles. The summed E-state index contributed by atoms with van der Waals surface area (Å²) in [5.74, 6) is 0.0512. The van der Waals surface area contributed by atoms with Crippen LogP contribution in [0.5, 0.6) is 0 Å². The molecular formula is C19H23NO. The van der Waals surface area contributed by atoms with E-state index in [-0.39, 0.29) is 11.2 Å². The first-order valence-corrected chi connectivity index (χ1v) is 7.19. The Balaban J connectivity index is 2.51. The zero-order valence-corrected chi connectivity index (χ0v) is 13.5. The summed E-state index contributed by atoms with van der Waals surface area (Å²) in [5.41, 5.74) is 5.13. The van der Waals surface area contributed by atoms with Crippen LogP contribution >= 0.6 is 0 Å². The van der Waals surface area contributed by atoms with E-state index in [1.54, 1.807) is 6.92 Å². The molecular weight excluding hydrogens is 258 g/mol. The van der Waals surface area contributed by atoms with Crippen LogP contribution in [0, 0.1) is 0 Å². The predicted octanol–water partition coefficient (Wildman–Crippen LogP) is 4.39. The van der Waals surface area contributed by atoms with Crippen molar-refractivity contribution < 1.29 is 4.79 Å². The Morgan fingerprint density at radius 1 is 1.24 bits per heavy atom. The van der Waals surface area contributed by atoms with E-state index in [2.05, 4.69) is 56.6 Å². The molecule has 0 amide bonds. The molecule has 0 fully saturated rings. The first kappa shape index (κ1) is 15.3. The Bertz CT molecular complexity index is 646. The number of carbonyl (C=O) groups excluding carboxylic acids is 1. The van der Waals surface area contributed by atoms with Gasteiger partial charge in [0.25, 0.3) is 0 Å². The zero-order chi connectivity index (χ0) is 15.8. The summed E-state index contributed by atoms with van der Waals surface area (Å²) in [7, 11) is 2.07. The minimum atomic E-state index is -0.0706. The average molecular weight is 281 g/mol. The molecule has 0 unspecified atom stereocenters. The van der Waals surface area contributed by atoms with Crippen LogP contribution in [0.25, 0.3) is 0 Å². The number of fused-ring (bicyclic) bond motifs is 1. The minimum absolute atomic E-state index is 0.0512. The van der Waals surface area contributed by atoms with Gasteiger partial charge in [0.15, 0.2) is 5.78 Å². The van der Waals surface area contributed by atoms with Crippen LogP contribution in [0.2, 0.25) is 0 Å². The van der Waals surface area contributed by atoms with E-state index < -0.39 is 0 Å². The van der Waals surface area contributed by atoms with Crippen molar-refractivity contribution in [2.45, 2.75) is 33.1 Å². The fourth-order valence-electron chi connectivity index (χ4n) is 3.02. The van der Waals surface area contributed by atoms with Crippen molar-refractivity contribution in [2.24, 2.45) is 0 Å². The van der Waals surface area contributed by atoms with Gasteiger partial charge in [-0.25, -0.2) is 0 Å². The molecule has 0 saturated carbocycles. The van der Waals surface area contributed by atoms with Gasteiger partial charge in [0.2, 0.25) is 0 Å². The summed E-state index contributed by atoms with van der Waals surface area (Å²) in [6.07, 6.45) is 3.94. The van der Waals surface area contributed by atoms with Gasteiger partial charge in [-0.1, -0.05) is 38.6 Å². The molecule has 110 valence electrons. The highest BCUT2D eigenvalue weighted by Crippen LogP contribution is 2.46. The molecule has 0 radical (unpaired) electrons. The number of carbonyl (C=O) groups is 1. The van der Waals surface area contributed by atoms with Crippen molar-refractivity contribution in [1.82, 2.24) is 0 Å². The lowest BCUT2D eigenvalue weighted by Gasteiger charge is -2.23. The lowest BCUT2D eigenvalue weighted by molar-refractivity contribution is -0.113. The topological polar surface area (TPSA) is 20.3 Å². The molecule has 21 heavy (non-hydrogen) atoms. The summed E-state index contributed by atoms with van der Waals surface area (Å²) in [6.45, 7) is 11.8. The number of likely N-dealkylation sites (N-methyl/N-ethyl adjacent to an activating group) is 1. The van der Waals surface area contributed by atoms with Gasteiger partial charge >= 0.3 is 0 Å². The lowest BCUT2D eigenvalue weighted by Crippen LogP contribution is -2.22. The van der Waals surface area contributed by atoms with Gasteiger partial charge in [-0.15, -0.1) is 0 Å². The Labute approximate surface area is 127 Å². The van der Waals surface area contributed by atoms with E-state index in [0.717, 1.165) is 5.57 Å². The van der Waals surface area contributed by atoms with Crippen LogP contribution in [-0.2, 0) is 10.2 Å². The van der Waals surface area contributed by atoms with Crippen molar-refractivity contribution in [1.29, 1.82) is 0 Å². The maximum absolute atomic E-state index is 11.7. The summed E-state index contributed by atoms with van der Waals surface area (Å²) in [5, 5.41) is 0. The summed E-state index contributed by atoms with van der Waals surface area (Å²) in [4.78, 5) is 13.9. The van der Waals surface area contributed by atoms with Crippen molar-refractivity contribution in [3.63, 3.8) is 0 Å². The maximum atomic E-state index is 11.7. The van der Waals surface area contributed by atoms with Crippen LogP contribution in [0.3, 0.4) is 0 Å². The van der Waals surface area contributed by atoms with Gasteiger partial charge < -0.3 is 4.90 Å². The molecule has 0 spiro atoms. The van der Waals surface area contributed by atoms with Gasteiger partial charge in [0.05, 0.1) is 0 Å². The summed E-state index contributed by atoms with van der Waals surface area (Å²) >= 11 is 0. The molecule has 0 aliphatic carbocycles. The van der Waals surface area contributed by atoms with E-state index in [1.165, 1.54) is 16.9 Å². The number of hydrogen-bond donors (Lipinski definition) is 0. The second kappa shape index (κ2) is 5.36. The molecule has 0 atom stereocenters. The molecule has 1 aromatic carbocycles. The standard InChI is InChI=1S/C19H23NO/c1-13(2)15(14(3)21)11-12-18-19(4,5)16-9-7-8-10-17(16)20(18)6/h7-12H,1H2,2-6H3. The Morgan fingerprint density at radius 3 is 2.38 bits per heavy atom. The van der Waals surface area contributed by atoms with Crippen molar-refractivity contribution >= 4 is 11.5 Å². The quantitative estimate of drug-likeness (QED) is 0.605. The van der Waals surface area contributed by atoms with Crippen LogP contribution in [0.4, 0.5) is 5.69 Å². The molecule has 1 aliphatic rings. The largest absolute Gasteiger partial charge is 0.347 e. The van der Waals surface area contributed by atoms with E-state index in [0.29, 0.717) is 5.57 Å². The highest BCUT2D eigenvalue weighted by Gasteiger charge is 2.37. The van der Waals surface area contributed by atoms with Crippen molar-refractivity contribution in [3.05, 3.63) is 65.4 Å². The molecule has 1 aromatic rings. The van der Waals surface area contributed by atoms with Gasteiger partial charge in [0, 0.05) is 29.4 Å². The summed E-state index contributed by atoms with van der Waals surface area (Å²) < 4.78 is 0. The maximum Gasteiger partial charge on any atom is 0.160 e. The first-order chi connectivity index (χ1) is 9.76. The normalized spacial score (nSPS) is 18.8. The van der Waals surface area contributed by atoms with Crippen LogP contribution in [-0.4, -0.2) is 12.8 Å². The van der Waals surface area contributed by atoms with Crippen molar-refractivity contribution in [3.8, 4) is 0 Å². The van der Waals surface area contributed by atoms with E-state index in [1.807, 2.05) is 19.1 Å². The minimum Gasteiger partial charge on any atom is -0.347 e. The number of ketones is 1. The number of allylic oxidation sites excluding steroid dienone is 5. The second-order valence-corrected chi connectivity index (χ2v) is 6.17. The van der Waals surface area contributed by atoms with Gasteiger partial charge in [-0.05, 0) is 43.2 Å². The number of Topliss-reactive ketones (excluding diaryl/α,β-unsaturated/α-hetero) is 1. The molecule has 2 rings (SSSR count). The Hall–Kier alpha value is -2.09. The molecule has 0 N–H and O–H groups in total. The van der Waals surface area contributed by atoms with E-state index in [4.69, 9.17) is 0 Å². The first-order valence-electron chi connectivity index (χ1n) is 7.19. The molecule has 2 nitrogen and oxygen atoms in total. The third-order valence-corrected chi connectivity index (χ3v) is 4.19. The van der Waals surface area contributed by atoms with Gasteiger partial charge in [-0.3, -0.25) is 4.79 Å². The van der Waals surface area contributed by atoms with Crippen molar-refractivity contribution in [2.75, 3.05) is 11.9 Å². The average Bonchev–Trinajstić information content (AvgIpc) is 2.59. The Kier molecular flexibility index (Phi) is 3.91. The highest BCUT2D eigenvalue weighted by molar-refractivity contribution is 5.97. The Morgan fingerprint density at radius 2 is 1.86 bits per heavy atom. The SMILES string of the molecule is C=C(C)C(=CC=C1N(C)c2ccccc2C1(C)C)C(C)=O. The number of rotatable bonds is 3. The third-order valence-electron chi connectivity index (χ3n) is 4.19. The number of anilines is 1. The number of benzene rings is 1. The lowest BCUT2D eigenvalue weighted by atomic mass is 9.83. The highest BCUT2D eigenvalue weighted by atomic mass is 16.1. The monoisotopic (exact) mass is 281 g/mol. The number of nitrogens with zero attached hydrogens (tertiary/aromatic N) is 1. The second-order valence-electron chi connectivity index (χ2n) is 6.17. The van der Waals surface area contributed by atoms with E-state index in [9.17, 15) is 4.79 Å². The predicted molar refractivity (Wildman–Crippen MR) is 89.5 cm³/mol. The number of hydrogen-bond acceptors (Lipinski definition) is 2. The van der Waals surface area contributed by atoms with Crippen LogP contribution in [0.15, 0.2) is 59.8 Å². The fraction of sp³-hybridized carbons (Fsp3) is 0.316. The van der Waals surface area contributed by atoms with Gasteiger partial charge in [-0.2, -0.15) is 0 Å². The summed E-state index contributed by atoms with van der Waals surface area (Å²) in [6, 6.07) is 8.43.